The van der Waals surface area contributed by atoms with Crippen molar-refractivity contribution in [2.75, 3.05) is 13.1 Å². The molecule has 0 spiro atoms. The van der Waals surface area contributed by atoms with Gasteiger partial charge in [-0.1, -0.05) is 0 Å². The predicted octanol–water partition coefficient (Wildman–Crippen LogP) is 0.550. The van der Waals surface area contributed by atoms with E-state index in [-0.39, 0.29) is 43.0 Å². The average Bonchev–Trinajstić information content (AvgIpc) is 3.08. The van der Waals surface area contributed by atoms with E-state index in [1.165, 1.54) is 4.90 Å². The Morgan fingerprint density at radius 2 is 1.85 bits per heavy atom. The summed E-state index contributed by atoms with van der Waals surface area (Å²) >= 11 is 0. The first-order valence-corrected chi connectivity index (χ1v) is 6.76. The van der Waals surface area contributed by atoms with Crippen LogP contribution in [0.4, 0.5) is 4.79 Å². The van der Waals surface area contributed by atoms with Gasteiger partial charge >= 0.3 is 12.0 Å². The zero-order chi connectivity index (χ0) is 15.3. The molecule has 0 heterocycles. The molecule has 7 heteroatoms. The Kier molecular flexibility index (Phi) is 5.35. The van der Waals surface area contributed by atoms with Gasteiger partial charge in [0.15, 0.2) is 0 Å². The lowest BCUT2D eigenvalue weighted by Gasteiger charge is -2.23. The number of nitrogens with one attached hydrogen (secondary N) is 2. The molecule has 0 atom stereocenters. The maximum atomic E-state index is 11.9. The first-order valence-electron chi connectivity index (χ1n) is 6.76. The molecule has 114 valence electrons. The molecule has 0 aliphatic heterocycles. The number of carbonyl (C=O) groups excluding carboxylic acids is 2. The summed E-state index contributed by atoms with van der Waals surface area (Å²) in [6, 6.07) is -0.266. The van der Waals surface area contributed by atoms with Crippen molar-refractivity contribution in [3.05, 3.63) is 0 Å². The van der Waals surface area contributed by atoms with Crippen LogP contribution in [0, 0.1) is 0 Å². The Hall–Kier alpha value is -1.79. The average molecular weight is 285 g/mol. The number of hydrogen-bond acceptors (Lipinski definition) is 3. The first kappa shape index (κ1) is 16.3. The van der Waals surface area contributed by atoms with Crippen LogP contribution in [0.3, 0.4) is 0 Å². The second-order valence-corrected chi connectivity index (χ2v) is 6.03. The highest BCUT2D eigenvalue weighted by Crippen LogP contribution is 2.26. The van der Waals surface area contributed by atoms with Gasteiger partial charge in [-0.2, -0.15) is 0 Å². The molecule has 0 aromatic carbocycles. The Morgan fingerprint density at radius 3 is 2.30 bits per heavy atom. The van der Waals surface area contributed by atoms with Gasteiger partial charge in [-0.3, -0.25) is 9.59 Å². The molecule has 0 bridgehead atoms. The number of carboxylic acids is 1. The van der Waals surface area contributed by atoms with E-state index in [1.807, 2.05) is 20.8 Å². The third-order valence-corrected chi connectivity index (χ3v) is 2.73. The summed E-state index contributed by atoms with van der Waals surface area (Å²) in [4.78, 5) is 35.6. The molecular weight excluding hydrogens is 262 g/mol. The highest BCUT2D eigenvalue weighted by molar-refractivity contribution is 5.84. The minimum atomic E-state index is -0.936. The number of aliphatic carboxylic acids is 1. The molecule has 1 rings (SSSR count). The zero-order valence-electron chi connectivity index (χ0n) is 12.2. The van der Waals surface area contributed by atoms with Gasteiger partial charge in [-0.15, -0.1) is 0 Å². The van der Waals surface area contributed by atoms with E-state index >= 15 is 0 Å². The van der Waals surface area contributed by atoms with Crippen LogP contribution in [0.15, 0.2) is 0 Å². The topological polar surface area (TPSA) is 98.7 Å². The number of carboxylic acid groups (broad SMARTS) is 1. The van der Waals surface area contributed by atoms with Crippen LogP contribution in [0.2, 0.25) is 0 Å². The summed E-state index contributed by atoms with van der Waals surface area (Å²) in [5, 5.41) is 13.9. The molecule has 3 N–H and O–H groups in total. The van der Waals surface area contributed by atoms with Crippen LogP contribution in [-0.4, -0.2) is 52.6 Å². The van der Waals surface area contributed by atoms with Gasteiger partial charge in [-0.25, -0.2) is 4.79 Å². The van der Waals surface area contributed by atoms with Crippen molar-refractivity contribution in [1.82, 2.24) is 15.5 Å². The van der Waals surface area contributed by atoms with Crippen molar-refractivity contribution in [3.63, 3.8) is 0 Å². The van der Waals surface area contributed by atoms with Gasteiger partial charge in [0.1, 0.15) is 0 Å². The Balaban J connectivity index is 2.38. The van der Waals surface area contributed by atoms with E-state index in [4.69, 9.17) is 5.11 Å². The maximum Gasteiger partial charge on any atom is 0.318 e. The van der Waals surface area contributed by atoms with Crippen molar-refractivity contribution < 1.29 is 19.5 Å². The predicted molar refractivity (Wildman–Crippen MR) is 73.3 cm³/mol. The number of hydrogen-bond donors (Lipinski definition) is 3. The van der Waals surface area contributed by atoms with Crippen LogP contribution in [0.5, 0.6) is 0 Å². The third-order valence-electron chi connectivity index (χ3n) is 2.73. The summed E-state index contributed by atoms with van der Waals surface area (Å²) in [7, 11) is 0. The van der Waals surface area contributed by atoms with E-state index in [1.54, 1.807) is 0 Å². The summed E-state index contributed by atoms with van der Waals surface area (Å²) < 4.78 is 0. The van der Waals surface area contributed by atoms with Gasteiger partial charge in [-0.05, 0) is 33.6 Å². The van der Waals surface area contributed by atoms with E-state index in [0.717, 1.165) is 12.8 Å². The van der Waals surface area contributed by atoms with E-state index in [9.17, 15) is 14.4 Å². The molecule has 1 saturated carbocycles. The molecule has 3 amide bonds. The number of amides is 3. The Bertz CT molecular complexity index is 386. The minimum absolute atomic E-state index is 0.0852. The van der Waals surface area contributed by atoms with Crippen molar-refractivity contribution in [2.24, 2.45) is 0 Å². The second-order valence-electron chi connectivity index (χ2n) is 6.03. The SMILES string of the molecule is CC(C)(C)NC(=O)CNC(=O)N(CCC(=O)O)C1CC1. The highest BCUT2D eigenvalue weighted by atomic mass is 16.4. The summed E-state index contributed by atoms with van der Waals surface area (Å²) in [6.07, 6.45) is 1.70. The monoisotopic (exact) mass is 285 g/mol. The molecule has 1 aliphatic rings. The number of rotatable bonds is 6. The quantitative estimate of drug-likeness (QED) is 0.663. The Labute approximate surface area is 118 Å². The third kappa shape index (κ3) is 6.40. The number of nitrogens with zero attached hydrogens (tertiary/aromatic N) is 1. The van der Waals surface area contributed by atoms with Crippen LogP contribution in [-0.2, 0) is 9.59 Å². The molecule has 1 fully saturated rings. The van der Waals surface area contributed by atoms with Crippen molar-refractivity contribution >= 4 is 17.9 Å². The lowest BCUT2D eigenvalue weighted by atomic mass is 10.1. The number of carbonyl (C=O) groups is 3. The normalized spacial score (nSPS) is 14.6. The van der Waals surface area contributed by atoms with Crippen molar-refractivity contribution in [1.29, 1.82) is 0 Å². The van der Waals surface area contributed by atoms with Crippen LogP contribution in [0.25, 0.3) is 0 Å². The summed E-state index contributed by atoms with van der Waals surface area (Å²) in [6.45, 7) is 5.64. The second kappa shape index (κ2) is 6.58. The molecule has 0 radical (unpaired) electrons. The van der Waals surface area contributed by atoms with Crippen LogP contribution >= 0.6 is 0 Å². The molecule has 20 heavy (non-hydrogen) atoms. The molecule has 1 aliphatic carbocycles. The minimum Gasteiger partial charge on any atom is -0.481 e. The maximum absolute atomic E-state index is 11.9. The smallest absolute Gasteiger partial charge is 0.318 e. The van der Waals surface area contributed by atoms with Gasteiger partial charge in [0, 0.05) is 18.1 Å². The largest absolute Gasteiger partial charge is 0.481 e. The van der Waals surface area contributed by atoms with E-state index < -0.39 is 5.97 Å². The molecule has 7 nitrogen and oxygen atoms in total. The van der Waals surface area contributed by atoms with Crippen molar-refractivity contribution in [2.45, 2.75) is 51.6 Å². The molecule has 0 aromatic rings. The number of urea groups is 1. The first-order chi connectivity index (χ1) is 9.19. The standard InChI is InChI=1S/C13H23N3O4/c1-13(2,3)15-10(17)8-14-12(20)16(9-4-5-9)7-6-11(18)19/h9H,4-8H2,1-3H3,(H,14,20)(H,15,17)(H,18,19). The van der Waals surface area contributed by atoms with Crippen LogP contribution in [0.1, 0.15) is 40.0 Å². The van der Waals surface area contributed by atoms with E-state index in [2.05, 4.69) is 10.6 Å². The van der Waals surface area contributed by atoms with Crippen molar-refractivity contribution in [3.8, 4) is 0 Å². The van der Waals surface area contributed by atoms with E-state index in [0.29, 0.717) is 0 Å². The zero-order valence-corrected chi connectivity index (χ0v) is 12.2. The van der Waals surface area contributed by atoms with Gasteiger partial charge < -0.3 is 20.6 Å². The van der Waals surface area contributed by atoms with Crippen LogP contribution < -0.4 is 10.6 Å². The summed E-state index contributed by atoms with van der Waals surface area (Å²) in [5.74, 6) is -1.20. The molecule has 0 saturated heterocycles. The van der Waals surface area contributed by atoms with Gasteiger partial charge in [0.25, 0.3) is 0 Å². The highest BCUT2D eigenvalue weighted by Gasteiger charge is 2.32. The fraction of sp³-hybridized carbons (Fsp3) is 0.769. The molecule has 0 unspecified atom stereocenters. The summed E-state index contributed by atoms with van der Waals surface area (Å²) in [5.41, 5.74) is -0.346. The molecular formula is C13H23N3O4. The lowest BCUT2D eigenvalue weighted by Crippen LogP contribution is -2.49. The fourth-order valence-corrected chi connectivity index (χ4v) is 1.77. The van der Waals surface area contributed by atoms with Gasteiger partial charge in [0.2, 0.25) is 5.91 Å². The lowest BCUT2D eigenvalue weighted by molar-refractivity contribution is -0.137. The van der Waals surface area contributed by atoms with Gasteiger partial charge in [0.05, 0.1) is 13.0 Å². The Morgan fingerprint density at radius 1 is 1.25 bits per heavy atom. The molecule has 0 aromatic heterocycles. The fourth-order valence-electron chi connectivity index (χ4n) is 1.77.